The monoisotopic (exact) mass is 302 g/mol. The van der Waals surface area contributed by atoms with Crippen LogP contribution in [0.3, 0.4) is 0 Å². The number of aliphatic hydroxyl groups is 1. The molecule has 1 aliphatic rings. The van der Waals surface area contributed by atoms with Gasteiger partial charge in [-0.05, 0) is 31.5 Å². The van der Waals surface area contributed by atoms with Gasteiger partial charge in [-0.15, -0.1) is 0 Å². The molecule has 5 heteroatoms. The van der Waals surface area contributed by atoms with Crippen molar-refractivity contribution < 1.29 is 5.11 Å². The minimum atomic E-state index is -0.164. The first kappa shape index (κ1) is 15.1. The van der Waals surface area contributed by atoms with E-state index in [1.54, 1.807) is 6.07 Å². The molecule has 1 fully saturated rings. The maximum atomic E-state index is 9.52. The van der Waals surface area contributed by atoms with Crippen molar-refractivity contribution in [2.75, 3.05) is 26.7 Å². The predicted octanol–water partition coefficient (Wildman–Crippen LogP) is 2.71. The van der Waals surface area contributed by atoms with Gasteiger partial charge in [-0.1, -0.05) is 35.3 Å². The van der Waals surface area contributed by atoms with E-state index in [0.29, 0.717) is 10.0 Å². The molecule has 2 rings (SSSR count). The second-order valence-electron chi connectivity index (χ2n) is 5.02. The number of β-amino-alcohol motifs (C(OH)–C–C–N with tert-alkyl or cyclic N) is 1. The largest absolute Gasteiger partial charge is 0.392 e. The molecule has 0 bridgehead atoms. The van der Waals surface area contributed by atoms with E-state index in [2.05, 4.69) is 10.2 Å². The molecular formula is C14H20Cl2N2O. The molecule has 106 valence electrons. The van der Waals surface area contributed by atoms with Crippen LogP contribution in [0.5, 0.6) is 0 Å². The SMILES string of the molecule is CNC(CCN1CCC(O)C1)c1cccc(Cl)c1Cl. The Morgan fingerprint density at radius 2 is 2.26 bits per heavy atom. The minimum Gasteiger partial charge on any atom is -0.392 e. The lowest BCUT2D eigenvalue weighted by molar-refractivity contribution is 0.175. The summed E-state index contributed by atoms with van der Waals surface area (Å²) in [4.78, 5) is 2.29. The summed E-state index contributed by atoms with van der Waals surface area (Å²) in [6, 6.07) is 5.92. The zero-order chi connectivity index (χ0) is 13.8. The first-order chi connectivity index (χ1) is 9.11. The van der Waals surface area contributed by atoms with Gasteiger partial charge in [0.05, 0.1) is 16.1 Å². The molecule has 0 saturated carbocycles. The van der Waals surface area contributed by atoms with E-state index in [1.165, 1.54) is 0 Å². The van der Waals surface area contributed by atoms with Crippen LogP contribution in [0, 0.1) is 0 Å². The molecule has 0 spiro atoms. The highest BCUT2D eigenvalue weighted by molar-refractivity contribution is 6.42. The van der Waals surface area contributed by atoms with Gasteiger partial charge >= 0.3 is 0 Å². The third kappa shape index (κ3) is 3.83. The Morgan fingerprint density at radius 1 is 1.47 bits per heavy atom. The van der Waals surface area contributed by atoms with Crippen LogP contribution in [-0.4, -0.2) is 42.8 Å². The van der Waals surface area contributed by atoms with Crippen LogP contribution in [0.1, 0.15) is 24.4 Å². The molecule has 1 aliphatic heterocycles. The minimum absolute atomic E-state index is 0.164. The third-order valence-electron chi connectivity index (χ3n) is 3.69. The maximum Gasteiger partial charge on any atom is 0.0679 e. The van der Waals surface area contributed by atoms with Gasteiger partial charge in [0.2, 0.25) is 0 Å². The van der Waals surface area contributed by atoms with E-state index in [-0.39, 0.29) is 12.1 Å². The van der Waals surface area contributed by atoms with Crippen LogP contribution in [-0.2, 0) is 0 Å². The Morgan fingerprint density at radius 3 is 2.89 bits per heavy atom. The Bertz CT molecular complexity index is 428. The molecular weight excluding hydrogens is 283 g/mol. The molecule has 19 heavy (non-hydrogen) atoms. The van der Waals surface area contributed by atoms with E-state index < -0.39 is 0 Å². The molecule has 0 radical (unpaired) electrons. The van der Waals surface area contributed by atoms with Crippen LogP contribution in [0.25, 0.3) is 0 Å². The summed E-state index contributed by atoms with van der Waals surface area (Å²) in [6.07, 6.45) is 1.66. The van der Waals surface area contributed by atoms with Gasteiger partial charge in [0, 0.05) is 25.7 Å². The maximum absolute atomic E-state index is 9.52. The molecule has 1 saturated heterocycles. The molecule has 2 atom stereocenters. The number of rotatable bonds is 5. The highest BCUT2D eigenvalue weighted by Crippen LogP contribution is 2.31. The number of nitrogens with zero attached hydrogens (tertiary/aromatic N) is 1. The summed E-state index contributed by atoms with van der Waals surface area (Å²) >= 11 is 12.3. The highest BCUT2D eigenvalue weighted by Gasteiger charge is 2.21. The molecule has 2 N–H and O–H groups in total. The smallest absolute Gasteiger partial charge is 0.0679 e. The molecule has 1 aromatic rings. The number of nitrogens with one attached hydrogen (secondary N) is 1. The molecule has 3 nitrogen and oxygen atoms in total. The molecule has 2 unspecified atom stereocenters. The Balaban J connectivity index is 1.98. The van der Waals surface area contributed by atoms with Gasteiger partial charge in [-0.25, -0.2) is 0 Å². The standard InChI is InChI=1S/C14H20Cl2N2O/c1-17-13(6-8-18-7-5-10(19)9-18)11-3-2-4-12(15)14(11)16/h2-4,10,13,17,19H,5-9H2,1H3. The normalized spacial score (nSPS) is 21.8. The Kier molecular flexibility index (Phi) is 5.48. The van der Waals surface area contributed by atoms with Crippen molar-refractivity contribution in [3.05, 3.63) is 33.8 Å². The molecule has 1 heterocycles. The van der Waals surface area contributed by atoms with Gasteiger partial charge in [-0.2, -0.15) is 0 Å². The van der Waals surface area contributed by atoms with E-state index in [4.69, 9.17) is 23.2 Å². The zero-order valence-corrected chi connectivity index (χ0v) is 12.6. The zero-order valence-electron chi connectivity index (χ0n) is 11.1. The number of hydrogen-bond acceptors (Lipinski definition) is 3. The molecule has 0 aromatic heterocycles. The van der Waals surface area contributed by atoms with Crippen molar-refractivity contribution in [2.24, 2.45) is 0 Å². The van der Waals surface area contributed by atoms with Gasteiger partial charge in [-0.3, -0.25) is 0 Å². The average molecular weight is 303 g/mol. The molecule has 0 aliphatic carbocycles. The average Bonchev–Trinajstić information content (AvgIpc) is 2.81. The van der Waals surface area contributed by atoms with E-state index in [9.17, 15) is 5.11 Å². The quantitative estimate of drug-likeness (QED) is 0.878. The van der Waals surface area contributed by atoms with Crippen molar-refractivity contribution in [3.8, 4) is 0 Å². The van der Waals surface area contributed by atoms with Crippen LogP contribution < -0.4 is 5.32 Å². The number of benzene rings is 1. The van der Waals surface area contributed by atoms with Gasteiger partial charge < -0.3 is 15.3 Å². The fourth-order valence-electron chi connectivity index (χ4n) is 2.57. The van der Waals surface area contributed by atoms with Crippen molar-refractivity contribution in [1.82, 2.24) is 10.2 Å². The summed E-state index contributed by atoms with van der Waals surface area (Å²) in [5, 5.41) is 14.0. The van der Waals surface area contributed by atoms with E-state index in [0.717, 1.165) is 38.0 Å². The first-order valence-corrected chi connectivity index (χ1v) is 7.39. The van der Waals surface area contributed by atoms with Gasteiger partial charge in [0.25, 0.3) is 0 Å². The lowest BCUT2D eigenvalue weighted by atomic mass is 10.0. The van der Waals surface area contributed by atoms with Crippen LogP contribution >= 0.6 is 23.2 Å². The van der Waals surface area contributed by atoms with Crippen molar-refractivity contribution >= 4 is 23.2 Å². The van der Waals surface area contributed by atoms with Crippen molar-refractivity contribution in [3.63, 3.8) is 0 Å². The van der Waals surface area contributed by atoms with E-state index >= 15 is 0 Å². The van der Waals surface area contributed by atoms with Crippen molar-refractivity contribution in [2.45, 2.75) is 25.0 Å². The molecule has 0 amide bonds. The second-order valence-corrected chi connectivity index (χ2v) is 5.80. The summed E-state index contributed by atoms with van der Waals surface area (Å²) < 4.78 is 0. The van der Waals surface area contributed by atoms with Crippen LogP contribution in [0.15, 0.2) is 18.2 Å². The molecule has 1 aromatic carbocycles. The number of hydrogen-bond donors (Lipinski definition) is 2. The van der Waals surface area contributed by atoms with Gasteiger partial charge in [0.1, 0.15) is 0 Å². The lowest BCUT2D eigenvalue weighted by Gasteiger charge is -2.22. The summed E-state index contributed by atoms with van der Waals surface area (Å²) in [6.45, 7) is 2.70. The second kappa shape index (κ2) is 6.91. The lowest BCUT2D eigenvalue weighted by Crippen LogP contribution is -2.27. The van der Waals surface area contributed by atoms with Crippen molar-refractivity contribution in [1.29, 1.82) is 0 Å². The number of likely N-dealkylation sites (tertiary alicyclic amines) is 1. The van der Waals surface area contributed by atoms with Gasteiger partial charge in [0.15, 0.2) is 0 Å². The summed E-state index contributed by atoms with van der Waals surface area (Å²) in [5.41, 5.74) is 1.04. The number of halogens is 2. The summed E-state index contributed by atoms with van der Waals surface area (Å²) in [7, 11) is 1.93. The predicted molar refractivity (Wildman–Crippen MR) is 79.9 cm³/mol. The fraction of sp³-hybridized carbons (Fsp3) is 0.571. The topological polar surface area (TPSA) is 35.5 Å². The highest BCUT2D eigenvalue weighted by atomic mass is 35.5. The Labute approximate surface area is 124 Å². The van der Waals surface area contributed by atoms with Crippen LogP contribution in [0.2, 0.25) is 10.0 Å². The Hall–Kier alpha value is -0.320. The van der Waals surface area contributed by atoms with Crippen LogP contribution in [0.4, 0.5) is 0 Å². The van der Waals surface area contributed by atoms with E-state index in [1.807, 2.05) is 19.2 Å². The third-order valence-corrected chi connectivity index (χ3v) is 4.52. The number of aliphatic hydroxyl groups excluding tert-OH is 1. The summed E-state index contributed by atoms with van der Waals surface area (Å²) in [5.74, 6) is 0. The first-order valence-electron chi connectivity index (χ1n) is 6.63. The fourth-order valence-corrected chi connectivity index (χ4v) is 3.01.